The van der Waals surface area contributed by atoms with Crippen LogP contribution in [0, 0.1) is 11.8 Å². The van der Waals surface area contributed by atoms with Crippen LogP contribution in [0.3, 0.4) is 0 Å². The molecule has 1 unspecified atom stereocenters. The largest absolute Gasteiger partial charge is 0.359 e. The van der Waals surface area contributed by atoms with E-state index >= 15 is 0 Å². The van der Waals surface area contributed by atoms with Gasteiger partial charge in [0.15, 0.2) is 11.5 Å². The summed E-state index contributed by atoms with van der Waals surface area (Å²) in [5.41, 5.74) is 1.71. The maximum Gasteiger partial charge on any atom is 0.276 e. The van der Waals surface area contributed by atoms with E-state index in [0.717, 1.165) is 37.7 Å². The Labute approximate surface area is 167 Å². The lowest BCUT2D eigenvalue weighted by atomic mass is 9.80. The van der Waals surface area contributed by atoms with Gasteiger partial charge < -0.3 is 9.42 Å². The van der Waals surface area contributed by atoms with Crippen LogP contribution in [0.15, 0.2) is 40.9 Å². The Bertz CT molecular complexity index is 767. The minimum Gasteiger partial charge on any atom is -0.359 e. The number of nitrogens with zero attached hydrogens (tertiary/aromatic N) is 3. The highest BCUT2D eigenvalue weighted by Crippen LogP contribution is 2.35. The fraction of sp³-hybridized carbons (Fsp3) is 0.565. The zero-order chi connectivity index (χ0) is 19.3. The van der Waals surface area contributed by atoms with Crippen molar-refractivity contribution < 1.29 is 9.32 Å². The second-order valence-electron chi connectivity index (χ2n) is 8.53. The second kappa shape index (κ2) is 8.91. The van der Waals surface area contributed by atoms with Crippen molar-refractivity contribution in [2.45, 2.75) is 51.6 Å². The molecule has 1 saturated carbocycles. The van der Waals surface area contributed by atoms with E-state index < -0.39 is 0 Å². The van der Waals surface area contributed by atoms with Gasteiger partial charge in [0, 0.05) is 25.7 Å². The number of amides is 1. The molecule has 2 aliphatic rings. The highest BCUT2D eigenvalue weighted by molar-refractivity contribution is 5.92. The second-order valence-corrected chi connectivity index (χ2v) is 8.53. The maximum absolute atomic E-state index is 12.9. The van der Waals surface area contributed by atoms with Gasteiger partial charge in [-0.15, -0.1) is 0 Å². The standard InChI is InChI=1S/C23H31N3O2/c1-25(15-18-8-4-2-5-9-18)17-21-14-22(24-28-21)23(27)26-13-12-20(16-26)19-10-6-3-7-11-19/h2,4-5,8-9,14,19-20H,3,6-7,10-13,15-17H2,1H3. The topological polar surface area (TPSA) is 49.6 Å². The van der Waals surface area contributed by atoms with Gasteiger partial charge in [-0.25, -0.2) is 0 Å². The smallest absolute Gasteiger partial charge is 0.276 e. The third-order valence-corrected chi connectivity index (χ3v) is 6.33. The predicted octanol–water partition coefficient (Wildman–Crippen LogP) is 4.35. The van der Waals surface area contributed by atoms with Crippen LogP contribution in [-0.2, 0) is 13.1 Å². The average molecular weight is 382 g/mol. The molecular formula is C23H31N3O2. The Morgan fingerprint density at radius 2 is 1.89 bits per heavy atom. The molecule has 1 saturated heterocycles. The van der Waals surface area contributed by atoms with Crippen LogP contribution < -0.4 is 0 Å². The molecule has 0 radical (unpaired) electrons. The van der Waals surface area contributed by atoms with Crippen LogP contribution in [0.25, 0.3) is 0 Å². The lowest BCUT2D eigenvalue weighted by molar-refractivity contribution is 0.0769. The van der Waals surface area contributed by atoms with Crippen molar-refractivity contribution in [1.29, 1.82) is 0 Å². The minimum atomic E-state index is 0.0269. The molecule has 1 atom stereocenters. The van der Waals surface area contributed by atoms with Crippen LogP contribution in [0.4, 0.5) is 0 Å². The molecule has 5 heteroatoms. The number of hydrogen-bond donors (Lipinski definition) is 0. The van der Waals surface area contributed by atoms with Gasteiger partial charge in [-0.3, -0.25) is 9.69 Å². The summed E-state index contributed by atoms with van der Waals surface area (Å²) in [5, 5.41) is 4.07. The number of benzene rings is 1. The fourth-order valence-corrected chi connectivity index (χ4v) is 4.83. The number of carbonyl (C=O) groups excluding carboxylic acids is 1. The van der Waals surface area contributed by atoms with Crippen molar-refractivity contribution in [2.24, 2.45) is 11.8 Å². The van der Waals surface area contributed by atoms with Gasteiger partial charge in [0.1, 0.15) is 0 Å². The van der Waals surface area contributed by atoms with Crippen molar-refractivity contribution in [1.82, 2.24) is 15.0 Å². The van der Waals surface area contributed by atoms with Gasteiger partial charge in [-0.05, 0) is 30.9 Å². The Balaban J connectivity index is 1.30. The first-order valence-electron chi connectivity index (χ1n) is 10.7. The zero-order valence-corrected chi connectivity index (χ0v) is 16.8. The van der Waals surface area contributed by atoms with Crippen LogP contribution >= 0.6 is 0 Å². The maximum atomic E-state index is 12.9. The van der Waals surface area contributed by atoms with E-state index in [9.17, 15) is 4.79 Å². The van der Waals surface area contributed by atoms with Crippen molar-refractivity contribution >= 4 is 5.91 Å². The van der Waals surface area contributed by atoms with E-state index in [1.165, 1.54) is 37.7 Å². The molecule has 0 bridgehead atoms. The number of rotatable bonds is 6. The molecule has 1 aliphatic carbocycles. The first-order valence-corrected chi connectivity index (χ1v) is 10.7. The molecule has 150 valence electrons. The molecule has 2 aromatic rings. The van der Waals surface area contributed by atoms with Crippen molar-refractivity contribution in [2.75, 3.05) is 20.1 Å². The first-order chi connectivity index (χ1) is 13.7. The average Bonchev–Trinajstić information content (AvgIpc) is 3.39. The SMILES string of the molecule is CN(Cc1ccccc1)Cc1cc(C(=O)N2CCC(C3CCCCC3)C2)no1. The van der Waals surface area contributed by atoms with Crippen LogP contribution in [0.5, 0.6) is 0 Å². The summed E-state index contributed by atoms with van der Waals surface area (Å²) in [5.74, 6) is 2.25. The predicted molar refractivity (Wildman–Crippen MR) is 109 cm³/mol. The van der Waals surface area contributed by atoms with E-state index in [1.807, 2.05) is 36.2 Å². The molecule has 4 rings (SSSR count). The summed E-state index contributed by atoms with van der Waals surface area (Å²) >= 11 is 0. The summed E-state index contributed by atoms with van der Waals surface area (Å²) in [4.78, 5) is 17.0. The molecule has 0 N–H and O–H groups in total. The molecular weight excluding hydrogens is 350 g/mol. The summed E-state index contributed by atoms with van der Waals surface area (Å²) in [6, 6.07) is 12.2. The molecule has 1 aromatic carbocycles. The van der Waals surface area contributed by atoms with E-state index in [0.29, 0.717) is 18.2 Å². The number of hydrogen-bond acceptors (Lipinski definition) is 4. The Morgan fingerprint density at radius 3 is 2.68 bits per heavy atom. The Kier molecular flexibility index (Phi) is 6.10. The van der Waals surface area contributed by atoms with E-state index in [-0.39, 0.29) is 5.91 Å². The third kappa shape index (κ3) is 4.64. The van der Waals surface area contributed by atoms with Gasteiger partial charge in [0.25, 0.3) is 5.91 Å². The van der Waals surface area contributed by atoms with Gasteiger partial charge in [-0.2, -0.15) is 0 Å². The lowest BCUT2D eigenvalue weighted by Crippen LogP contribution is -2.30. The van der Waals surface area contributed by atoms with E-state index in [4.69, 9.17) is 4.52 Å². The monoisotopic (exact) mass is 381 g/mol. The van der Waals surface area contributed by atoms with Gasteiger partial charge >= 0.3 is 0 Å². The molecule has 5 nitrogen and oxygen atoms in total. The van der Waals surface area contributed by atoms with Gasteiger partial charge in [0.2, 0.25) is 0 Å². The molecule has 1 aromatic heterocycles. The number of likely N-dealkylation sites (tertiary alicyclic amines) is 1. The number of aromatic nitrogens is 1. The van der Waals surface area contributed by atoms with E-state index in [1.54, 1.807) is 0 Å². The lowest BCUT2D eigenvalue weighted by Gasteiger charge is -2.27. The normalized spacial score (nSPS) is 20.8. The quantitative estimate of drug-likeness (QED) is 0.746. The molecule has 1 aliphatic heterocycles. The van der Waals surface area contributed by atoms with Gasteiger partial charge in [-0.1, -0.05) is 67.6 Å². The van der Waals surface area contributed by atoms with Gasteiger partial charge in [0.05, 0.1) is 6.54 Å². The van der Waals surface area contributed by atoms with Crippen LogP contribution in [0.1, 0.15) is 60.3 Å². The Morgan fingerprint density at radius 1 is 1.11 bits per heavy atom. The van der Waals surface area contributed by atoms with Crippen LogP contribution in [-0.4, -0.2) is 41.0 Å². The summed E-state index contributed by atoms with van der Waals surface area (Å²) < 4.78 is 5.46. The number of carbonyl (C=O) groups is 1. The van der Waals surface area contributed by atoms with Crippen molar-refractivity contribution in [3.63, 3.8) is 0 Å². The molecule has 1 amide bonds. The highest BCUT2D eigenvalue weighted by Gasteiger charge is 2.33. The van der Waals surface area contributed by atoms with E-state index in [2.05, 4.69) is 22.2 Å². The summed E-state index contributed by atoms with van der Waals surface area (Å²) in [6.45, 7) is 3.22. The first kappa shape index (κ1) is 19.2. The van der Waals surface area contributed by atoms with Crippen LogP contribution in [0.2, 0.25) is 0 Å². The summed E-state index contributed by atoms with van der Waals surface area (Å²) in [6.07, 6.45) is 7.92. The van der Waals surface area contributed by atoms with Crippen molar-refractivity contribution in [3.05, 3.63) is 53.4 Å². The van der Waals surface area contributed by atoms with Crippen molar-refractivity contribution in [3.8, 4) is 0 Å². The highest BCUT2D eigenvalue weighted by atomic mass is 16.5. The fourth-order valence-electron chi connectivity index (χ4n) is 4.83. The molecule has 2 fully saturated rings. The molecule has 28 heavy (non-hydrogen) atoms. The minimum absolute atomic E-state index is 0.0269. The summed E-state index contributed by atoms with van der Waals surface area (Å²) in [7, 11) is 2.05. The Hall–Kier alpha value is -2.14. The third-order valence-electron chi connectivity index (χ3n) is 6.33. The zero-order valence-electron chi connectivity index (χ0n) is 16.8. The molecule has 0 spiro atoms. The molecule has 2 heterocycles.